The highest BCUT2D eigenvalue weighted by Crippen LogP contribution is 2.30. The average Bonchev–Trinajstić information content (AvgIpc) is 2.69. The van der Waals surface area contributed by atoms with E-state index in [4.69, 9.17) is 14.2 Å². The molecule has 2 aromatic heterocycles. The lowest BCUT2D eigenvalue weighted by Crippen LogP contribution is -2.10. The van der Waals surface area contributed by atoms with Crippen molar-refractivity contribution in [2.45, 2.75) is 6.18 Å². The number of nitrogens with zero attached hydrogens (tertiary/aromatic N) is 2. The van der Waals surface area contributed by atoms with Crippen LogP contribution in [0.3, 0.4) is 0 Å². The minimum Gasteiger partial charge on any atom is -0.480 e. The van der Waals surface area contributed by atoms with Crippen LogP contribution in [0.1, 0.15) is 15.9 Å². The van der Waals surface area contributed by atoms with E-state index in [0.717, 1.165) is 12.1 Å². The summed E-state index contributed by atoms with van der Waals surface area (Å²) in [6.45, 7) is 0. The number of carbonyl (C=O) groups is 1. The number of methoxy groups -OCH3 is 1. The Morgan fingerprint density at radius 2 is 1.68 bits per heavy atom. The molecule has 0 atom stereocenters. The van der Waals surface area contributed by atoms with Crippen molar-refractivity contribution < 1.29 is 32.2 Å². The molecule has 0 aliphatic heterocycles. The van der Waals surface area contributed by atoms with Gasteiger partial charge in [0.25, 0.3) is 0 Å². The number of hydrogen-bond donors (Lipinski definition) is 0. The molecular formula is C19H13F3N2O4. The van der Waals surface area contributed by atoms with E-state index in [1.54, 1.807) is 6.07 Å². The summed E-state index contributed by atoms with van der Waals surface area (Å²) in [7, 11) is 1.39. The molecule has 0 bridgehead atoms. The van der Waals surface area contributed by atoms with Gasteiger partial charge in [-0.2, -0.15) is 13.2 Å². The molecule has 0 radical (unpaired) electrons. The van der Waals surface area contributed by atoms with E-state index in [-0.39, 0.29) is 23.1 Å². The summed E-state index contributed by atoms with van der Waals surface area (Å²) in [4.78, 5) is 19.8. The molecule has 28 heavy (non-hydrogen) atoms. The van der Waals surface area contributed by atoms with E-state index in [9.17, 15) is 18.0 Å². The van der Waals surface area contributed by atoms with Gasteiger partial charge in [-0.1, -0.05) is 0 Å². The van der Waals surface area contributed by atoms with E-state index in [1.165, 1.54) is 43.6 Å². The molecule has 0 fully saturated rings. The second-order valence-corrected chi connectivity index (χ2v) is 5.41. The summed E-state index contributed by atoms with van der Waals surface area (Å²) < 4.78 is 53.2. The lowest BCUT2D eigenvalue weighted by atomic mass is 10.2. The first-order valence-electron chi connectivity index (χ1n) is 7.89. The van der Waals surface area contributed by atoms with Gasteiger partial charge in [0, 0.05) is 18.5 Å². The Labute approximate surface area is 157 Å². The quantitative estimate of drug-likeness (QED) is 0.471. The van der Waals surface area contributed by atoms with Crippen LogP contribution >= 0.6 is 0 Å². The van der Waals surface area contributed by atoms with Crippen LogP contribution in [0.2, 0.25) is 0 Å². The number of pyridine rings is 2. The summed E-state index contributed by atoms with van der Waals surface area (Å²) in [5.74, 6) is 0.0383. The molecule has 0 unspecified atom stereocenters. The van der Waals surface area contributed by atoms with E-state index in [1.807, 2.05) is 0 Å². The van der Waals surface area contributed by atoms with Crippen LogP contribution in [0.5, 0.6) is 23.3 Å². The highest BCUT2D eigenvalue weighted by atomic mass is 19.4. The fourth-order valence-corrected chi connectivity index (χ4v) is 2.18. The molecule has 1 aromatic carbocycles. The Morgan fingerprint density at radius 3 is 2.29 bits per heavy atom. The van der Waals surface area contributed by atoms with Gasteiger partial charge in [-0.25, -0.2) is 14.8 Å². The van der Waals surface area contributed by atoms with Crippen LogP contribution in [0.15, 0.2) is 60.9 Å². The van der Waals surface area contributed by atoms with E-state index in [0.29, 0.717) is 11.9 Å². The molecule has 3 rings (SSSR count). The molecule has 2 heterocycles. The molecule has 0 amide bonds. The van der Waals surface area contributed by atoms with Crippen LogP contribution in [0, 0.1) is 0 Å². The molecule has 0 saturated carbocycles. The van der Waals surface area contributed by atoms with Crippen molar-refractivity contribution >= 4 is 5.97 Å². The van der Waals surface area contributed by atoms with Gasteiger partial charge in [-0.05, 0) is 42.5 Å². The van der Waals surface area contributed by atoms with Gasteiger partial charge in [0.15, 0.2) is 0 Å². The predicted octanol–water partition coefficient (Wildman–Crippen LogP) is 4.52. The first kappa shape index (κ1) is 19.2. The average molecular weight is 390 g/mol. The second-order valence-electron chi connectivity index (χ2n) is 5.41. The maximum absolute atomic E-state index is 12.5. The summed E-state index contributed by atoms with van der Waals surface area (Å²) in [5, 5.41) is 0. The van der Waals surface area contributed by atoms with Crippen molar-refractivity contribution in [3.05, 3.63) is 72.1 Å². The lowest BCUT2D eigenvalue weighted by molar-refractivity contribution is -0.137. The van der Waals surface area contributed by atoms with Crippen LogP contribution in [0.4, 0.5) is 13.2 Å². The Morgan fingerprint density at radius 1 is 0.964 bits per heavy atom. The van der Waals surface area contributed by atoms with Crippen molar-refractivity contribution in [2.75, 3.05) is 7.11 Å². The Hall–Kier alpha value is -3.62. The zero-order valence-corrected chi connectivity index (χ0v) is 14.4. The van der Waals surface area contributed by atoms with Crippen LogP contribution in [-0.2, 0) is 6.18 Å². The fraction of sp³-hybridized carbons (Fsp3) is 0.105. The highest BCUT2D eigenvalue weighted by molar-refractivity contribution is 5.93. The van der Waals surface area contributed by atoms with Crippen molar-refractivity contribution in [2.24, 2.45) is 0 Å². The highest BCUT2D eigenvalue weighted by Gasteiger charge is 2.30. The molecule has 0 N–H and O–H groups in total. The molecule has 6 nitrogen and oxygen atoms in total. The zero-order chi connectivity index (χ0) is 20.1. The predicted molar refractivity (Wildman–Crippen MR) is 91.5 cm³/mol. The smallest absolute Gasteiger partial charge is 0.417 e. The topological polar surface area (TPSA) is 70.5 Å². The summed E-state index contributed by atoms with van der Waals surface area (Å²) in [6.07, 6.45) is -2.29. The van der Waals surface area contributed by atoms with Crippen molar-refractivity contribution in [3.8, 4) is 23.3 Å². The Balaban J connectivity index is 1.66. The normalized spacial score (nSPS) is 11.0. The molecular weight excluding hydrogens is 377 g/mol. The van der Waals surface area contributed by atoms with Gasteiger partial charge >= 0.3 is 12.1 Å². The van der Waals surface area contributed by atoms with Crippen molar-refractivity contribution in [3.63, 3.8) is 0 Å². The van der Waals surface area contributed by atoms with Crippen LogP contribution < -0.4 is 14.2 Å². The van der Waals surface area contributed by atoms with Gasteiger partial charge in [-0.15, -0.1) is 0 Å². The largest absolute Gasteiger partial charge is 0.480 e. The monoisotopic (exact) mass is 390 g/mol. The van der Waals surface area contributed by atoms with Crippen LogP contribution in [0.25, 0.3) is 0 Å². The maximum Gasteiger partial charge on any atom is 0.417 e. The molecule has 9 heteroatoms. The SMILES string of the molecule is COc1ncccc1C(=O)Oc1ccc(Oc2ccc(C(F)(F)F)cn2)cc1. The lowest BCUT2D eigenvalue weighted by Gasteiger charge is -2.09. The molecule has 3 aromatic rings. The standard InChI is InChI=1S/C19H13F3N2O4/c1-26-17-15(3-2-10-23-17)18(25)28-14-7-5-13(6-8-14)27-16-9-4-12(11-24-16)19(20,21)22/h2-11H,1H3. The Kier molecular flexibility index (Phi) is 5.44. The minimum atomic E-state index is -4.46. The first-order valence-corrected chi connectivity index (χ1v) is 7.89. The van der Waals surface area contributed by atoms with Gasteiger partial charge in [0.1, 0.15) is 17.1 Å². The number of rotatable bonds is 5. The van der Waals surface area contributed by atoms with E-state index in [2.05, 4.69) is 9.97 Å². The zero-order valence-electron chi connectivity index (χ0n) is 14.4. The Bertz CT molecular complexity index is 958. The molecule has 0 spiro atoms. The number of hydrogen-bond acceptors (Lipinski definition) is 6. The van der Waals surface area contributed by atoms with Gasteiger partial charge in [0.2, 0.25) is 11.8 Å². The van der Waals surface area contributed by atoms with Crippen molar-refractivity contribution in [1.82, 2.24) is 9.97 Å². The van der Waals surface area contributed by atoms with Crippen molar-refractivity contribution in [1.29, 1.82) is 0 Å². The first-order chi connectivity index (χ1) is 13.4. The molecule has 0 aliphatic carbocycles. The second kappa shape index (κ2) is 7.95. The number of benzene rings is 1. The fourth-order valence-electron chi connectivity index (χ4n) is 2.18. The summed E-state index contributed by atoms with van der Waals surface area (Å²) >= 11 is 0. The van der Waals surface area contributed by atoms with Gasteiger partial charge < -0.3 is 14.2 Å². The number of aromatic nitrogens is 2. The maximum atomic E-state index is 12.5. The minimum absolute atomic E-state index is 0.00200. The number of esters is 1. The molecule has 144 valence electrons. The van der Waals surface area contributed by atoms with E-state index < -0.39 is 17.7 Å². The van der Waals surface area contributed by atoms with Crippen LogP contribution in [-0.4, -0.2) is 23.0 Å². The number of halogens is 3. The van der Waals surface area contributed by atoms with Gasteiger partial charge in [-0.3, -0.25) is 0 Å². The molecule has 0 aliphatic rings. The third-order valence-electron chi connectivity index (χ3n) is 3.50. The third kappa shape index (κ3) is 4.56. The molecule has 0 saturated heterocycles. The summed E-state index contributed by atoms with van der Waals surface area (Å²) in [5.41, 5.74) is -0.702. The number of alkyl halides is 3. The summed E-state index contributed by atoms with van der Waals surface area (Å²) in [6, 6.07) is 11.0. The number of carbonyl (C=O) groups excluding carboxylic acids is 1. The van der Waals surface area contributed by atoms with E-state index >= 15 is 0 Å². The van der Waals surface area contributed by atoms with Gasteiger partial charge in [0.05, 0.1) is 12.7 Å². The number of ether oxygens (including phenoxy) is 3. The third-order valence-corrected chi connectivity index (χ3v) is 3.50.